The Hall–Kier alpha value is -1.00. The highest BCUT2D eigenvalue weighted by molar-refractivity contribution is 6.29. The van der Waals surface area contributed by atoms with Gasteiger partial charge in [-0.15, -0.1) is 0 Å². The van der Waals surface area contributed by atoms with Gasteiger partial charge >= 0.3 is 0 Å². The minimum atomic E-state index is 0.510. The van der Waals surface area contributed by atoms with E-state index < -0.39 is 0 Å². The fourth-order valence-electron chi connectivity index (χ4n) is 0.739. The van der Waals surface area contributed by atoms with Crippen molar-refractivity contribution in [1.82, 2.24) is 4.98 Å². The second-order valence-electron chi connectivity index (χ2n) is 2.42. The molecule has 0 aromatic carbocycles. The van der Waals surface area contributed by atoms with Crippen molar-refractivity contribution in [3.05, 3.63) is 29.0 Å². The fraction of sp³-hybridized carbons (Fsp3) is 0.300. The summed E-state index contributed by atoms with van der Waals surface area (Å²) in [5, 5.41) is 0.510. The van der Waals surface area contributed by atoms with E-state index in [0.717, 1.165) is 18.4 Å². The summed E-state index contributed by atoms with van der Waals surface area (Å²) in [5.74, 6) is 6.04. The van der Waals surface area contributed by atoms with Gasteiger partial charge < -0.3 is 0 Å². The van der Waals surface area contributed by atoms with Gasteiger partial charge in [0, 0.05) is 18.2 Å². The average Bonchev–Trinajstić information content (AvgIpc) is 2.09. The number of hydrogen-bond donors (Lipinski definition) is 0. The van der Waals surface area contributed by atoms with Crippen LogP contribution < -0.4 is 0 Å². The molecule has 0 aliphatic heterocycles. The van der Waals surface area contributed by atoms with Crippen LogP contribution in [-0.2, 0) is 0 Å². The van der Waals surface area contributed by atoms with Crippen LogP contribution in [0, 0.1) is 11.8 Å². The van der Waals surface area contributed by atoms with Crippen molar-refractivity contribution in [3.63, 3.8) is 0 Å². The van der Waals surface area contributed by atoms with Crippen molar-refractivity contribution in [2.45, 2.75) is 19.8 Å². The number of pyridine rings is 1. The average molecular weight is 180 g/mol. The Morgan fingerprint density at radius 1 is 1.50 bits per heavy atom. The zero-order valence-corrected chi connectivity index (χ0v) is 7.73. The third-order valence-electron chi connectivity index (χ3n) is 1.34. The van der Waals surface area contributed by atoms with Crippen molar-refractivity contribution < 1.29 is 0 Å². The summed E-state index contributed by atoms with van der Waals surface area (Å²) < 4.78 is 0. The van der Waals surface area contributed by atoms with Gasteiger partial charge in [0.25, 0.3) is 0 Å². The highest BCUT2D eigenvalue weighted by atomic mass is 35.5. The topological polar surface area (TPSA) is 12.9 Å². The molecule has 0 aliphatic rings. The minimum Gasteiger partial charge on any atom is -0.243 e. The smallest absolute Gasteiger partial charge is 0.129 e. The maximum atomic E-state index is 5.61. The zero-order valence-electron chi connectivity index (χ0n) is 6.97. The molecule has 0 radical (unpaired) electrons. The highest BCUT2D eigenvalue weighted by Crippen LogP contribution is 2.03. The molecule has 0 spiro atoms. The predicted octanol–water partition coefficient (Wildman–Crippen LogP) is 2.89. The van der Waals surface area contributed by atoms with Crippen LogP contribution in [0.4, 0.5) is 0 Å². The Morgan fingerprint density at radius 3 is 2.92 bits per heavy atom. The minimum absolute atomic E-state index is 0.510. The lowest BCUT2D eigenvalue weighted by Crippen LogP contribution is -1.77. The van der Waals surface area contributed by atoms with E-state index in [4.69, 9.17) is 11.6 Å². The van der Waals surface area contributed by atoms with Gasteiger partial charge in [0.2, 0.25) is 0 Å². The number of unbranched alkanes of at least 4 members (excludes halogenated alkanes) is 1. The molecule has 1 aromatic heterocycles. The van der Waals surface area contributed by atoms with Crippen LogP contribution in [0.2, 0.25) is 5.15 Å². The maximum Gasteiger partial charge on any atom is 0.129 e. The van der Waals surface area contributed by atoms with Gasteiger partial charge in [-0.1, -0.05) is 30.4 Å². The van der Waals surface area contributed by atoms with E-state index in [-0.39, 0.29) is 0 Å². The lowest BCUT2D eigenvalue weighted by Gasteiger charge is -1.88. The van der Waals surface area contributed by atoms with Crippen LogP contribution in [0.5, 0.6) is 0 Å². The van der Waals surface area contributed by atoms with Crippen molar-refractivity contribution in [1.29, 1.82) is 0 Å². The molecule has 1 aromatic rings. The summed E-state index contributed by atoms with van der Waals surface area (Å²) in [7, 11) is 0. The summed E-state index contributed by atoms with van der Waals surface area (Å²) in [6, 6.07) is 3.62. The number of rotatable bonds is 1. The van der Waals surface area contributed by atoms with E-state index in [1.54, 1.807) is 12.3 Å². The van der Waals surface area contributed by atoms with Gasteiger partial charge in [0.05, 0.1) is 0 Å². The predicted molar refractivity (Wildman–Crippen MR) is 51.0 cm³/mol. The lowest BCUT2D eigenvalue weighted by atomic mass is 10.2. The molecule has 0 N–H and O–H groups in total. The van der Waals surface area contributed by atoms with Crippen LogP contribution in [0.1, 0.15) is 25.3 Å². The van der Waals surface area contributed by atoms with Crippen LogP contribution >= 0.6 is 11.6 Å². The standard InChI is InChI=1S/C10H10ClN/c1-2-3-4-5-9-6-7-10(11)12-8-9/h6-8H,2-3H2,1H3. The Kier molecular flexibility index (Phi) is 3.63. The van der Waals surface area contributed by atoms with Gasteiger partial charge in [-0.2, -0.15) is 0 Å². The van der Waals surface area contributed by atoms with E-state index in [2.05, 4.69) is 23.7 Å². The summed E-state index contributed by atoms with van der Waals surface area (Å²) in [4.78, 5) is 3.92. The highest BCUT2D eigenvalue weighted by Gasteiger charge is 1.87. The first kappa shape index (κ1) is 9.09. The van der Waals surface area contributed by atoms with E-state index >= 15 is 0 Å². The molecule has 0 aliphatic carbocycles. The molecule has 1 nitrogen and oxygen atoms in total. The molecule has 0 bridgehead atoms. The van der Waals surface area contributed by atoms with Gasteiger partial charge in [0.15, 0.2) is 0 Å². The third kappa shape index (κ3) is 2.94. The van der Waals surface area contributed by atoms with Crippen LogP contribution in [0.3, 0.4) is 0 Å². The van der Waals surface area contributed by atoms with E-state index in [1.165, 1.54) is 0 Å². The summed E-state index contributed by atoms with van der Waals surface area (Å²) in [6.07, 6.45) is 3.71. The molecule has 2 heteroatoms. The molecular formula is C10H10ClN. The van der Waals surface area contributed by atoms with E-state index in [1.807, 2.05) is 6.07 Å². The molecule has 62 valence electrons. The summed E-state index contributed by atoms with van der Waals surface area (Å²) in [5.41, 5.74) is 0.924. The van der Waals surface area contributed by atoms with Crippen molar-refractivity contribution in [3.8, 4) is 11.8 Å². The fourth-order valence-corrected chi connectivity index (χ4v) is 0.851. The first-order chi connectivity index (χ1) is 5.83. The normalized spacial score (nSPS) is 8.83. The number of hydrogen-bond acceptors (Lipinski definition) is 1. The maximum absolute atomic E-state index is 5.61. The number of halogens is 1. The molecule has 0 atom stereocenters. The van der Waals surface area contributed by atoms with Gasteiger partial charge in [-0.3, -0.25) is 0 Å². The molecule has 0 saturated carbocycles. The number of nitrogens with zero attached hydrogens (tertiary/aromatic N) is 1. The molecule has 0 saturated heterocycles. The van der Waals surface area contributed by atoms with Crippen LogP contribution in [0.15, 0.2) is 18.3 Å². The second kappa shape index (κ2) is 4.79. The molecule has 12 heavy (non-hydrogen) atoms. The molecular weight excluding hydrogens is 170 g/mol. The number of aromatic nitrogens is 1. The van der Waals surface area contributed by atoms with E-state index in [0.29, 0.717) is 5.15 Å². The Morgan fingerprint density at radius 2 is 2.33 bits per heavy atom. The van der Waals surface area contributed by atoms with Crippen molar-refractivity contribution >= 4 is 11.6 Å². The van der Waals surface area contributed by atoms with E-state index in [9.17, 15) is 0 Å². The molecule has 0 amide bonds. The SMILES string of the molecule is CCCC#Cc1ccc(Cl)nc1. The van der Waals surface area contributed by atoms with Gasteiger partial charge in [-0.05, 0) is 18.6 Å². The quantitative estimate of drug-likeness (QED) is 0.477. The molecule has 0 fully saturated rings. The Labute approximate surface area is 77.8 Å². The third-order valence-corrected chi connectivity index (χ3v) is 1.56. The lowest BCUT2D eigenvalue weighted by molar-refractivity contribution is 0.983. The summed E-state index contributed by atoms with van der Waals surface area (Å²) in [6.45, 7) is 2.11. The van der Waals surface area contributed by atoms with Crippen molar-refractivity contribution in [2.75, 3.05) is 0 Å². The second-order valence-corrected chi connectivity index (χ2v) is 2.81. The molecule has 1 heterocycles. The zero-order chi connectivity index (χ0) is 8.81. The molecule has 1 rings (SSSR count). The monoisotopic (exact) mass is 179 g/mol. The van der Waals surface area contributed by atoms with Gasteiger partial charge in [0.1, 0.15) is 5.15 Å². The van der Waals surface area contributed by atoms with Crippen LogP contribution in [-0.4, -0.2) is 4.98 Å². The first-order valence-corrected chi connectivity index (χ1v) is 4.31. The molecule has 0 unspecified atom stereocenters. The van der Waals surface area contributed by atoms with Crippen molar-refractivity contribution in [2.24, 2.45) is 0 Å². The van der Waals surface area contributed by atoms with Crippen LogP contribution in [0.25, 0.3) is 0 Å². The largest absolute Gasteiger partial charge is 0.243 e. The van der Waals surface area contributed by atoms with Gasteiger partial charge in [-0.25, -0.2) is 4.98 Å². The first-order valence-electron chi connectivity index (χ1n) is 3.93. The summed E-state index contributed by atoms with van der Waals surface area (Å²) >= 11 is 5.61. The Bertz CT molecular complexity index is 292. The Balaban J connectivity index is 2.66.